The normalized spacial score (nSPS) is 10.8. The molecule has 8 nitrogen and oxygen atoms in total. The van der Waals surface area contributed by atoms with Crippen LogP contribution in [-0.4, -0.2) is 39.3 Å². The van der Waals surface area contributed by atoms with Crippen molar-refractivity contribution in [3.8, 4) is 0 Å². The summed E-state index contributed by atoms with van der Waals surface area (Å²) in [6, 6.07) is 45.1. The summed E-state index contributed by atoms with van der Waals surface area (Å²) in [7, 11) is 0. The monoisotopic (exact) mass is 1890 g/mol. The highest BCUT2D eigenvalue weighted by Crippen LogP contribution is 2.27. The van der Waals surface area contributed by atoms with E-state index >= 15 is 0 Å². The Kier molecular flexibility index (Phi) is 57.5. The maximum absolute atomic E-state index is 6.52. The number of alkyl halides is 2. The number of halogens is 12. The molecule has 0 radical (unpaired) electrons. The molecule has 0 saturated carbocycles. The standard InChI is InChI=1S/2C25H33Cl2N2.C13H22Cl2N2.C12H11Br.C10H21Br.C3H2Cl2N2.2BrH/c2*1-2-3-4-5-6-7-8-11-18-28-20-29(25(27)24(28)26)19-17-22-15-12-14-21-13-9-10-16-23(21)22;1-2-3-4-5-6-7-8-9-10-17-11-16-12(14)13(17)15;13-9-8-11-6-3-5-10-4-1-2-7-12(10)11;1-2-3-4-5-6-7-8-9-10-11;4-2-3(5)7-1-6-2;;/h2*9-10,12-16,20H,2-8,11,17-19H2,1H3;11H,2-10H2,1H3;1-7H,8-9H2;2-10H2,1H3;1H,(H,6,7);2*1H/q2*+1;;;;;;/p-2. The third-order valence-electron chi connectivity index (χ3n) is 19.2. The number of hydrogen-bond acceptors (Lipinski definition) is 2. The first-order chi connectivity index (χ1) is 51.8. The van der Waals surface area contributed by atoms with Crippen LogP contribution >= 0.6 is 125 Å². The first-order valence-electron chi connectivity index (χ1n) is 39.9. The molecule has 0 amide bonds. The van der Waals surface area contributed by atoms with Gasteiger partial charge in [-0.25, -0.2) is 28.2 Å². The summed E-state index contributed by atoms with van der Waals surface area (Å²) < 4.78 is 10.3. The van der Waals surface area contributed by atoms with Crippen LogP contribution < -0.4 is 43.1 Å². The first-order valence-corrected chi connectivity index (χ1v) is 45.2. The largest absolute Gasteiger partial charge is 1.00 e. The number of imidazole rings is 4. The fourth-order valence-corrected chi connectivity index (χ4v) is 15.3. The maximum Gasteiger partial charge on any atom is 0.255 e. The van der Waals surface area contributed by atoms with Crippen LogP contribution in [0.4, 0.5) is 0 Å². The van der Waals surface area contributed by atoms with Crippen LogP contribution in [0.25, 0.3) is 32.3 Å². The van der Waals surface area contributed by atoms with Crippen LogP contribution in [0.3, 0.4) is 0 Å². The molecule has 4 heterocycles. The molecule has 108 heavy (non-hydrogen) atoms. The highest BCUT2D eigenvalue weighted by molar-refractivity contribution is 9.09. The summed E-state index contributed by atoms with van der Waals surface area (Å²) in [5, 5.41) is 14.4. The summed E-state index contributed by atoms with van der Waals surface area (Å²) >= 11 is 55.4. The van der Waals surface area contributed by atoms with E-state index in [0.29, 0.717) is 41.2 Å². The smallest absolute Gasteiger partial charge is 0.255 e. The first kappa shape index (κ1) is 99.4. The van der Waals surface area contributed by atoms with E-state index in [1.165, 1.54) is 247 Å². The molecule has 0 aliphatic rings. The van der Waals surface area contributed by atoms with Crippen molar-refractivity contribution in [2.24, 2.45) is 0 Å². The van der Waals surface area contributed by atoms with Crippen LogP contribution in [-0.2, 0) is 52.0 Å². The molecule has 0 aliphatic heterocycles. The van der Waals surface area contributed by atoms with Crippen molar-refractivity contribution in [2.75, 3.05) is 10.7 Å². The molecule has 0 unspecified atom stereocenters. The molecule has 10 aromatic rings. The van der Waals surface area contributed by atoms with Gasteiger partial charge in [0.05, 0.1) is 38.8 Å². The number of aromatic amines is 1. The second kappa shape index (κ2) is 62.5. The van der Waals surface area contributed by atoms with Gasteiger partial charge >= 0.3 is 0 Å². The van der Waals surface area contributed by atoms with E-state index in [9.17, 15) is 0 Å². The summed E-state index contributed by atoms with van der Waals surface area (Å²) in [6.07, 6.45) is 53.2. The summed E-state index contributed by atoms with van der Waals surface area (Å²) in [6.45, 7) is 13.5. The number of aryl methyl sites for hydroxylation is 8. The summed E-state index contributed by atoms with van der Waals surface area (Å²) in [4.78, 5) is 10.1. The topological polar surface area (TPSA) is 64.1 Å². The predicted molar refractivity (Wildman–Crippen MR) is 471 cm³/mol. The molecule has 20 heteroatoms. The Morgan fingerprint density at radius 1 is 0.333 bits per heavy atom. The predicted octanol–water partition coefficient (Wildman–Crippen LogP) is 24.6. The van der Waals surface area contributed by atoms with Crippen LogP contribution in [0, 0.1) is 0 Å². The molecular weight excluding hydrogens is 1770 g/mol. The molecule has 0 aliphatic carbocycles. The van der Waals surface area contributed by atoms with E-state index in [2.05, 4.69) is 233 Å². The maximum atomic E-state index is 6.52. The molecule has 0 atom stereocenters. The van der Waals surface area contributed by atoms with E-state index in [1.54, 1.807) is 6.33 Å². The lowest BCUT2D eigenvalue weighted by atomic mass is 10.0. The highest BCUT2D eigenvalue weighted by Gasteiger charge is 2.22. The Bertz CT molecular complexity index is 3720. The van der Waals surface area contributed by atoms with E-state index in [1.807, 2.05) is 4.57 Å². The fraction of sp³-hybridized carbons (Fsp3) is 0.523. The number of fused-ring (bicyclic) bond motifs is 3. The van der Waals surface area contributed by atoms with Gasteiger partial charge in [-0.15, -0.1) is 0 Å². The zero-order chi connectivity index (χ0) is 76.2. The average molecular weight is 1900 g/mol. The van der Waals surface area contributed by atoms with Crippen LogP contribution in [0.5, 0.6) is 0 Å². The second-order valence-corrected chi connectivity index (χ2v) is 32.1. The Morgan fingerprint density at radius 3 is 0.981 bits per heavy atom. The molecule has 1 N–H and O–H groups in total. The number of aromatic nitrogens is 8. The Labute approximate surface area is 728 Å². The third-order valence-corrected chi connectivity index (χ3v) is 23.4. The zero-order valence-electron chi connectivity index (χ0n) is 64.8. The van der Waals surface area contributed by atoms with Crippen molar-refractivity contribution >= 4 is 157 Å². The zero-order valence-corrected chi connectivity index (χ0v) is 77.2. The number of rotatable bonds is 43. The van der Waals surface area contributed by atoms with Gasteiger partial charge in [-0.2, -0.15) is 0 Å². The molecule has 0 fully saturated rings. The van der Waals surface area contributed by atoms with Crippen molar-refractivity contribution in [3.05, 3.63) is 211 Å². The Balaban J connectivity index is 0.000000355. The average Bonchev–Trinajstić information content (AvgIpc) is 1.49. The number of benzene rings is 6. The minimum absolute atomic E-state index is 0. The van der Waals surface area contributed by atoms with Crippen molar-refractivity contribution in [1.82, 2.24) is 28.7 Å². The van der Waals surface area contributed by atoms with Crippen molar-refractivity contribution in [2.45, 2.75) is 285 Å². The lowest BCUT2D eigenvalue weighted by molar-refractivity contribution is -0.694. The minimum atomic E-state index is 0. The molecule has 598 valence electrons. The Hall–Kier alpha value is -2.82. The number of H-pyrrole nitrogens is 1. The van der Waals surface area contributed by atoms with Gasteiger partial charge in [-0.1, -0.05) is 400 Å². The van der Waals surface area contributed by atoms with Gasteiger partial charge < -0.3 is 43.5 Å². The van der Waals surface area contributed by atoms with E-state index < -0.39 is 0 Å². The molecule has 0 bridgehead atoms. The number of hydrogen-bond donors (Lipinski definition) is 1. The lowest BCUT2D eigenvalue weighted by Crippen LogP contribution is -3.00. The van der Waals surface area contributed by atoms with Crippen molar-refractivity contribution in [3.63, 3.8) is 0 Å². The summed E-state index contributed by atoms with van der Waals surface area (Å²) in [5.74, 6) is 0. The highest BCUT2D eigenvalue weighted by atomic mass is 79.9. The molecular formula is C88H122Br4Cl8N8. The van der Waals surface area contributed by atoms with E-state index in [-0.39, 0.29) is 34.0 Å². The second-order valence-electron chi connectivity index (χ2n) is 27.6. The lowest BCUT2D eigenvalue weighted by Gasteiger charge is -2.05. The van der Waals surface area contributed by atoms with Gasteiger partial charge in [0, 0.05) is 30.0 Å². The van der Waals surface area contributed by atoms with Crippen LogP contribution in [0.2, 0.25) is 41.2 Å². The van der Waals surface area contributed by atoms with Gasteiger partial charge in [-0.3, -0.25) is 0 Å². The summed E-state index contributed by atoms with van der Waals surface area (Å²) in [5.41, 5.74) is 4.12. The molecule has 4 aromatic heterocycles. The van der Waals surface area contributed by atoms with Crippen LogP contribution in [0.1, 0.15) is 250 Å². The SMILES string of the molecule is BrCCc1cccc2ccccc12.CCCCCCCCCCBr.CCCCCCCCCC[n+]1cn(CCc2cccc3ccccc23)c(Cl)c1Cl.CCCCCCCCCC[n+]1cn(CCc2cccc3ccccc23)c(Cl)c1Cl.CCCCCCCCCCn1cnc(Cl)c1Cl.Clc1nc[nH]c1Cl.[Br-].[Br-]. The molecule has 0 spiro atoms. The molecule has 0 saturated heterocycles. The number of nitrogens with one attached hydrogen (secondary N) is 1. The van der Waals surface area contributed by atoms with Gasteiger partial charge in [0.25, 0.3) is 20.6 Å². The van der Waals surface area contributed by atoms with Crippen LogP contribution in [0.15, 0.2) is 153 Å². The van der Waals surface area contributed by atoms with Gasteiger partial charge in [0.2, 0.25) is 12.7 Å². The van der Waals surface area contributed by atoms with Gasteiger partial charge in [0.1, 0.15) is 10.3 Å². The number of nitrogens with zero attached hydrogens (tertiary/aromatic N) is 7. The molecule has 6 aromatic carbocycles. The van der Waals surface area contributed by atoms with Gasteiger partial charge in [0.15, 0.2) is 10.3 Å². The third kappa shape index (κ3) is 39.0. The van der Waals surface area contributed by atoms with Gasteiger partial charge in [-0.05, 0) is 140 Å². The van der Waals surface area contributed by atoms with Crippen molar-refractivity contribution < 1.29 is 43.1 Å². The van der Waals surface area contributed by atoms with E-state index in [4.69, 9.17) is 92.8 Å². The molecule has 10 rings (SSSR count). The minimum Gasteiger partial charge on any atom is -1.00 e. The number of unbranched alkanes of at least 4 members (excludes halogenated alkanes) is 28. The van der Waals surface area contributed by atoms with E-state index in [0.717, 1.165) is 76.6 Å². The quantitative estimate of drug-likeness (QED) is 0.0235. The fourth-order valence-electron chi connectivity index (χ4n) is 13.0. The van der Waals surface area contributed by atoms with Crippen molar-refractivity contribution in [1.29, 1.82) is 0 Å². The Morgan fingerprint density at radius 2 is 0.667 bits per heavy atom.